The molecule has 0 aliphatic heterocycles. The molecule has 4 rings (SSSR count). The number of ether oxygens (including phenoxy) is 3. The van der Waals surface area contributed by atoms with Crippen LogP contribution in [0, 0.1) is 6.92 Å². The summed E-state index contributed by atoms with van der Waals surface area (Å²) in [6, 6.07) is 29.7. The predicted molar refractivity (Wildman–Crippen MR) is 150 cm³/mol. The van der Waals surface area contributed by atoms with E-state index in [2.05, 4.69) is 0 Å². The molecule has 7 nitrogen and oxygen atoms in total. The molecule has 0 saturated carbocycles. The van der Waals surface area contributed by atoms with Gasteiger partial charge in [-0.1, -0.05) is 17.7 Å². The normalized spacial score (nSPS) is 9.61. The van der Waals surface area contributed by atoms with E-state index in [0.717, 1.165) is 40.0 Å². The Balaban J connectivity index is 0.000000213. The van der Waals surface area contributed by atoms with Gasteiger partial charge < -0.3 is 37.1 Å². The van der Waals surface area contributed by atoms with Gasteiger partial charge in [0.2, 0.25) is 0 Å². The molecule has 0 amide bonds. The molecule has 4 aromatic rings. The number of nitrogens with two attached hydrogens (primary N) is 4. The first kappa shape index (κ1) is 27.7. The SMILES string of the molecule is CCOc1ccc(N)cc1.Cc1ccc(N)cc1.Nc1ccc(OCCOc2ccc(N)cc2)cc1. The van der Waals surface area contributed by atoms with E-state index < -0.39 is 0 Å². The summed E-state index contributed by atoms with van der Waals surface area (Å²) in [4.78, 5) is 0. The smallest absolute Gasteiger partial charge is 0.122 e. The van der Waals surface area contributed by atoms with Crippen LogP contribution in [-0.2, 0) is 0 Å². The predicted octanol–water partition coefficient (Wildman–Crippen LogP) is 5.55. The maximum Gasteiger partial charge on any atom is 0.122 e. The molecule has 0 radical (unpaired) electrons. The van der Waals surface area contributed by atoms with Crippen LogP contribution in [0.3, 0.4) is 0 Å². The Morgan fingerprint density at radius 1 is 0.444 bits per heavy atom. The van der Waals surface area contributed by atoms with Gasteiger partial charge in [0.1, 0.15) is 30.5 Å². The van der Waals surface area contributed by atoms with E-state index in [1.54, 1.807) is 24.3 Å². The molecule has 8 N–H and O–H groups in total. The topological polar surface area (TPSA) is 132 Å². The zero-order valence-electron chi connectivity index (χ0n) is 20.9. The van der Waals surface area contributed by atoms with Crippen LogP contribution in [-0.4, -0.2) is 19.8 Å². The number of nitrogen functional groups attached to an aromatic ring is 4. The molecule has 0 fully saturated rings. The Hall–Kier alpha value is -4.52. The summed E-state index contributed by atoms with van der Waals surface area (Å²) in [5.41, 5.74) is 26.3. The van der Waals surface area contributed by atoms with Crippen LogP contribution in [0.5, 0.6) is 17.2 Å². The Bertz CT molecular complexity index is 1050. The molecule has 36 heavy (non-hydrogen) atoms. The summed E-state index contributed by atoms with van der Waals surface area (Å²) in [6.45, 7) is 5.66. The van der Waals surface area contributed by atoms with Gasteiger partial charge in [0, 0.05) is 22.7 Å². The zero-order valence-corrected chi connectivity index (χ0v) is 20.9. The summed E-state index contributed by atoms with van der Waals surface area (Å²) in [5.74, 6) is 2.44. The maximum atomic E-state index is 5.58. The van der Waals surface area contributed by atoms with E-state index in [4.69, 9.17) is 37.1 Å². The number of benzene rings is 4. The van der Waals surface area contributed by atoms with Crippen LogP contribution in [0.1, 0.15) is 12.5 Å². The van der Waals surface area contributed by atoms with Gasteiger partial charge in [-0.2, -0.15) is 0 Å². The second kappa shape index (κ2) is 15.4. The highest BCUT2D eigenvalue weighted by Gasteiger charge is 1.96. The molecule has 0 aromatic heterocycles. The lowest BCUT2D eigenvalue weighted by Gasteiger charge is -2.08. The minimum absolute atomic E-state index is 0.480. The lowest BCUT2D eigenvalue weighted by molar-refractivity contribution is 0.217. The number of hydrogen-bond donors (Lipinski definition) is 4. The van der Waals surface area contributed by atoms with Crippen molar-refractivity contribution in [1.29, 1.82) is 0 Å². The van der Waals surface area contributed by atoms with Gasteiger partial charge in [0.15, 0.2) is 0 Å². The highest BCUT2D eigenvalue weighted by Crippen LogP contribution is 2.15. The summed E-state index contributed by atoms with van der Waals surface area (Å²) < 4.78 is 16.2. The van der Waals surface area contributed by atoms with Crippen molar-refractivity contribution in [3.63, 3.8) is 0 Å². The molecule has 0 aliphatic carbocycles. The van der Waals surface area contributed by atoms with Crippen LogP contribution in [0.25, 0.3) is 0 Å². The summed E-state index contributed by atoms with van der Waals surface area (Å²) in [5, 5.41) is 0. The third kappa shape index (κ3) is 11.6. The largest absolute Gasteiger partial charge is 0.494 e. The lowest BCUT2D eigenvalue weighted by atomic mass is 10.2. The average Bonchev–Trinajstić information content (AvgIpc) is 2.88. The fraction of sp³-hybridized carbons (Fsp3) is 0.172. The second-order valence-electron chi connectivity index (χ2n) is 7.75. The van der Waals surface area contributed by atoms with Crippen molar-refractivity contribution in [2.75, 3.05) is 42.8 Å². The molecular weight excluding hydrogens is 452 g/mol. The van der Waals surface area contributed by atoms with Gasteiger partial charge >= 0.3 is 0 Å². The molecule has 0 atom stereocenters. The Morgan fingerprint density at radius 2 is 0.722 bits per heavy atom. The molecule has 0 aliphatic rings. The Morgan fingerprint density at radius 3 is 1.00 bits per heavy atom. The standard InChI is InChI=1S/C14H16N2O2.C8H11NO.C7H9N/c15-11-1-5-13(6-2-11)17-9-10-18-14-7-3-12(16)4-8-14;1-2-10-8-5-3-7(9)4-6-8;1-6-2-4-7(8)5-3-6/h1-8H,9-10,15-16H2;3-6H,2,9H2,1H3;2-5H,8H2,1H3. The quantitative estimate of drug-likeness (QED) is 0.198. The Labute approximate surface area is 213 Å². The van der Waals surface area contributed by atoms with Gasteiger partial charge in [-0.05, 0) is 98.8 Å². The lowest BCUT2D eigenvalue weighted by Crippen LogP contribution is -2.08. The molecule has 7 heteroatoms. The number of hydrogen-bond acceptors (Lipinski definition) is 7. The van der Waals surface area contributed by atoms with Crippen molar-refractivity contribution < 1.29 is 14.2 Å². The van der Waals surface area contributed by atoms with Crippen molar-refractivity contribution >= 4 is 22.7 Å². The highest BCUT2D eigenvalue weighted by molar-refractivity contribution is 5.43. The van der Waals surface area contributed by atoms with Gasteiger partial charge in [0.25, 0.3) is 0 Å². The van der Waals surface area contributed by atoms with Crippen LogP contribution in [0.2, 0.25) is 0 Å². The number of aryl methyl sites for hydroxylation is 1. The molecule has 0 saturated heterocycles. The first-order chi connectivity index (χ1) is 17.4. The molecular formula is C29H36N4O3. The van der Waals surface area contributed by atoms with Gasteiger partial charge in [0.05, 0.1) is 6.61 Å². The number of anilines is 4. The van der Waals surface area contributed by atoms with E-state index in [0.29, 0.717) is 19.8 Å². The summed E-state index contributed by atoms with van der Waals surface area (Å²) in [7, 11) is 0. The van der Waals surface area contributed by atoms with E-state index in [-0.39, 0.29) is 0 Å². The maximum absolute atomic E-state index is 5.58. The number of rotatable bonds is 7. The highest BCUT2D eigenvalue weighted by atomic mass is 16.5. The average molecular weight is 489 g/mol. The van der Waals surface area contributed by atoms with E-state index in [1.807, 2.05) is 86.6 Å². The van der Waals surface area contributed by atoms with Crippen molar-refractivity contribution in [3.8, 4) is 17.2 Å². The van der Waals surface area contributed by atoms with Crippen molar-refractivity contribution in [2.24, 2.45) is 0 Å². The third-order valence-corrected chi connectivity index (χ3v) is 4.65. The van der Waals surface area contributed by atoms with Crippen LogP contribution in [0.4, 0.5) is 22.7 Å². The van der Waals surface area contributed by atoms with Crippen LogP contribution in [0.15, 0.2) is 97.1 Å². The first-order valence-corrected chi connectivity index (χ1v) is 11.6. The summed E-state index contributed by atoms with van der Waals surface area (Å²) >= 11 is 0. The van der Waals surface area contributed by atoms with Crippen LogP contribution < -0.4 is 37.1 Å². The molecule has 0 unspecified atom stereocenters. The van der Waals surface area contributed by atoms with E-state index in [9.17, 15) is 0 Å². The second-order valence-corrected chi connectivity index (χ2v) is 7.75. The van der Waals surface area contributed by atoms with E-state index in [1.165, 1.54) is 5.56 Å². The van der Waals surface area contributed by atoms with Crippen molar-refractivity contribution in [3.05, 3.63) is 103 Å². The monoisotopic (exact) mass is 488 g/mol. The molecule has 0 bridgehead atoms. The van der Waals surface area contributed by atoms with Gasteiger partial charge in [-0.15, -0.1) is 0 Å². The van der Waals surface area contributed by atoms with Gasteiger partial charge in [-0.25, -0.2) is 0 Å². The minimum atomic E-state index is 0.480. The Kier molecular flexibility index (Phi) is 11.9. The van der Waals surface area contributed by atoms with Gasteiger partial charge in [-0.3, -0.25) is 0 Å². The molecule has 0 heterocycles. The molecule has 190 valence electrons. The van der Waals surface area contributed by atoms with Crippen molar-refractivity contribution in [2.45, 2.75) is 13.8 Å². The summed E-state index contributed by atoms with van der Waals surface area (Å²) in [6.07, 6.45) is 0. The third-order valence-electron chi connectivity index (χ3n) is 4.65. The van der Waals surface area contributed by atoms with E-state index >= 15 is 0 Å². The van der Waals surface area contributed by atoms with Crippen LogP contribution >= 0.6 is 0 Å². The first-order valence-electron chi connectivity index (χ1n) is 11.6. The fourth-order valence-electron chi connectivity index (χ4n) is 2.74. The van der Waals surface area contributed by atoms with Crippen molar-refractivity contribution in [1.82, 2.24) is 0 Å². The minimum Gasteiger partial charge on any atom is -0.494 e. The zero-order chi connectivity index (χ0) is 26.2. The molecule has 4 aromatic carbocycles. The fourth-order valence-corrected chi connectivity index (χ4v) is 2.74. The molecule has 0 spiro atoms.